The van der Waals surface area contributed by atoms with Crippen LogP contribution >= 0.6 is 0 Å². The van der Waals surface area contributed by atoms with Gasteiger partial charge in [0.15, 0.2) is 0 Å². The van der Waals surface area contributed by atoms with Gasteiger partial charge in [0.1, 0.15) is 40.6 Å². The molecule has 0 radical (unpaired) electrons. The first kappa shape index (κ1) is 35.0. The number of benzene rings is 3. The van der Waals surface area contributed by atoms with Crippen LogP contribution in [0.5, 0.6) is 0 Å². The average molecular weight is 718 g/mol. The van der Waals surface area contributed by atoms with E-state index in [1.165, 1.54) is 60.4 Å². The summed E-state index contributed by atoms with van der Waals surface area (Å²) in [5.74, 6) is -6.95. The van der Waals surface area contributed by atoms with E-state index in [-0.39, 0.29) is 17.0 Å². The van der Waals surface area contributed by atoms with Gasteiger partial charge in [0.25, 0.3) is 15.9 Å². The van der Waals surface area contributed by atoms with Crippen molar-refractivity contribution in [2.45, 2.75) is 23.8 Å². The predicted octanol–water partition coefficient (Wildman–Crippen LogP) is 3.33. The molecule has 0 aliphatic carbocycles. The molecule has 0 bridgehead atoms. The number of halogens is 2. The van der Waals surface area contributed by atoms with Gasteiger partial charge in [0.05, 0.1) is 23.8 Å². The first-order valence-corrected chi connectivity index (χ1v) is 17.2. The quantitative estimate of drug-likeness (QED) is 0.231. The number of fused-ring (bicyclic) bond motifs is 1. The molecule has 0 saturated heterocycles. The van der Waals surface area contributed by atoms with Crippen LogP contribution in [0.4, 0.5) is 25.0 Å². The fraction of sp³-hybridized carbons (Fsp3) is 0.200. The number of amides is 4. The third-order valence-corrected chi connectivity index (χ3v) is 10.00. The summed E-state index contributed by atoms with van der Waals surface area (Å²) in [6.45, 7) is 1.50. The summed E-state index contributed by atoms with van der Waals surface area (Å²) in [5, 5.41) is 15.1. The van der Waals surface area contributed by atoms with Crippen molar-refractivity contribution in [3.05, 3.63) is 107 Å². The van der Waals surface area contributed by atoms with E-state index in [1.807, 2.05) is 6.08 Å². The zero-order chi connectivity index (χ0) is 36.4. The molecular formula is C35H31F2N6O7S+. The second kappa shape index (κ2) is 14.2. The number of aliphatic carboxylic acids is 1. The van der Waals surface area contributed by atoms with Crippen molar-refractivity contribution in [1.29, 1.82) is 0 Å². The Balaban J connectivity index is 1.13. The second-order valence-electron chi connectivity index (χ2n) is 11.9. The zero-order valence-electron chi connectivity index (χ0n) is 27.0. The molecule has 262 valence electrons. The van der Waals surface area contributed by atoms with Gasteiger partial charge >= 0.3 is 17.9 Å². The van der Waals surface area contributed by atoms with E-state index in [9.17, 15) is 32.7 Å². The highest BCUT2D eigenvalue weighted by Crippen LogP contribution is 2.27. The standard InChI is InChI=1S/C35H30F2N6O7S/c1-42-30-19-39-15-12-26(30)33(45)43(35(42)48)24-6-2-20(3-7-24)16-29(34(46)47)40-32(44)31-27(36)17-23(18-28(31)37)41-51(49,50)25-8-4-21(5-9-25)22-10-13-38-14-11-22/h2-10,12,15,17-19,26,29,38H,11,13-14,16H2,1H3,(H2-,40,41,44,46,47)/p+1/t26?,29-/m0/s1. The van der Waals surface area contributed by atoms with Crippen LogP contribution in [-0.4, -0.2) is 80.0 Å². The van der Waals surface area contributed by atoms with Crippen molar-refractivity contribution in [2.75, 3.05) is 29.8 Å². The summed E-state index contributed by atoms with van der Waals surface area (Å²) in [6.07, 6.45) is 6.92. The summed E-state index contributed by atoms with van der Waals surface area (Å²) in [7, 11) is -2.75. The lowest BCUT2D eigenvalue weighted by atomic mass is 9.97. The molecule has 0 saturated carbocycles. The second-order valence-corrected chi connectivity index (χ2v) is 13.6. The molecule has 2 atom stereocenters. The SMILES string of the molecule is C[N+]1=C2C=NC=CC2C(=O)N(c2ccc(C[C@H](NC(=O)c3c(F)cc(NS(=O)(=O)c4ccc(C5=CCNCC5)cc4)cc3F)C(=O)O)cc2)C1=O. The fourth-order valence-electron chi connectivity index (χ4n) is 5.91. The first-order chi connectivity index (χ1) is 24.3. The highest BCUT2D eigenvalue weighted by atomic mass is 32.2. The van der Waals surface area contributed by atoms with Gasteiger partial charge in [-0.3, -0.25) is 14.5 Å². The van der Waals surface area contributed by atoms with Crippen molar-refractivity contribution in [1.82, 2.24) is 10.6 Å². The molecule has 1 unspecified atom stereocenters. The monoisotopic (exact) mass is 717 g/mol. The number of carbonyl (C=O) groups excluding carboxylic acids is 3. The molecule has 0 fully saturated rings. The third kappa shape index (κ3) is 7.22. The van der Waals surface area contributed by atoms with Crippen LogP contribution in [-0.2, 0) is 26.0 Å². The number of carboxylic acids is 1. The zero-order valence-corrected chi connectivity index (χ0v) is 27.8. The number of anilines is 2. The average Bonchev–Trinajstić information content (AvgIpc) is 3.11. The predicted molar refractivity (Wildman–Crippen MR) is 183 cm³/mol. The Morgan fingerprint density at radius 1 is 1.08 bits per heavy atom. The minimum atomic E-state index is -4.26. The van der Waals surface area contributed by atoms with Crippen molar-refractivity contribution in [3.63, 3.8) is 0 Å². The smallest absolute Gasteiger partial charge is 0.480 e. The van der Waals surface area contributed by atoms with E-state index in [0.29, 0.717) is 30.0 Å². The molecule has 6 rings (SSSR count). The normalized spacial score (nSPS) is 17.9. The largest absolute Gasteiger partial charge is 0.506 e. The van der Waals surface area contributed by atoms with E-state index in [4.69, 9.17) is 0 Å². The van der Waals surface area contributed by atoms with Crippen LogP contribution < -0.4 is 20.3 Å². The number of carbonyl (C=O) groups is 4. The van der Waals surface area contributed by atoms with Crippen LogP contribution in [0.3, 0.4) is 0 Å². The van der Waals surface area contributed by atoms with E-state index in [1.54, 1.807) is 18.2 Å². The summed E-state index contributed by atoms with van der Waals surface area (Å²) >= 11 is 0. The summed E-state index contributed by atoms with van der Waals surface area (Å²) in [4.78, 5) is 55.9. The highest BCUT2D eigenvalue weighted by molar-refractivity contribution is 7.92. The number of sulfonamides is 1. The number of nitrogens with one attached hydrogen (secondary N) is 3. The lowest BCUT2D eigenvalue weighted by Gasteiger charge is -2.24. The molecule has 3 aliphatic rings. The minimum Gasteiger partial charge on any atom is -0.480 e. The number of carboxylic acid groups (broad SMARTS) is 1. The Kier molecular flexibility index (Phi) is 9.71. The lowest BCUT2D eigenvalue weighted by molar-refractivity contribution is -0.392. The van der Waals surface area contributed by atoms with Crippen LogP contribution in [0.1, 0.15) is 27.9 Å². The topological polar surface area (TPSA) is 177 Å². The van der Waals surface area contributed by atoms with Crippen molar-refractivity contribution >= 4 is 62.7 Å². The maximum Gasteiger partial charge on any atom is 0.506 e. The Hall–Kier alpha value is -5.87. The summed E-state index contributed by atoms with van der Waals surface area (Å²) in [6, 6.07) is 10.8. The summed E-state index contributed by atoms with van der Waals surface area (Å²) < 4.78 is 59.6. The van der Waals surface area contributed by atoms with E-state index in [2.05, 4.69) is 20.3 Å². The minimum absolute atomic E-state index is 0.147. The number of nitrogens with zero attached hydrogens (tertiary/aromatic N) is 3. The number of aliphatic imine (C=N–C) groups is 1. The molecule has 4 N–H and O–H groups in total. The number of urea groups is 1. The molecular weight excluding hydrogens is 686 g/mol. The van der Waals surface area contributed by atoms with Crippen molar-refractivity contribution < 1.29 is 46.1 Å². The third-order valence-electron chi connectivity index (χ3n) is 8.60. The van der Waals surface area contributed by atoms with Gasteiger partial charge in [-0.15, -0.1) is 4.90 Å². The van der Waals surface area contributed by atoms with Gasteiger partial charge < -0.3 is 15.7 Å². The Bertz CT molecular complexity index is 2160. The van der Waals surface area contributed by atoms with Gasteiger partial charge in [-0.25, -0.2) is 26.8 Å². The maximum atomic E-state index is 15.1. The molecule has 51 heavy (non-hydrogen) atoms. The lowest BCUT2D eigenvalue weighted by Crippen LogP contribution is -2.54. The molecule has 0 aromatic heterocycles. The van der Waals surface area contributed by atoms with Gasteiger partial charge in [-0.2, -0.15) is 9.37 Å². The molecule has 13 nitrogen and oxygen atoms in total. The highest BCUT2D eigenvalue weighted by Gasteiger charge is 2.47. The van der Waals surface area contributed by atoms with Gasteiger partial charge in [-0.05, 0) is 72.1 Å². The van der Waals surface area contributed by atoms with Gasteiger partial charge in [-0.1, -0.05) is 30.3 Å². The molecule has 3 aromatic rings. The van der Waals surface area contributed by atoms with E-state index >= 15 is 8.78 Å². The van der Waals surface area contributed by atoms with Gasteiger partial charge in [0, 0.05) is 19.2 Å². The van der Waals surface area contributed by atoms with Crippen molar-refractivity contribution in [3.8, 4) is 0 Å². The summed E-state index contributed by atoms with van der Waals surface area (Å²) in [5.41, 5.74) is 1.33. The molecule has 3 aliphatic heterocycles. The van der Waals surface area contributed by atoms with Crippen LogP contribution in [0.2, 0.25) is 0 Å². The van der Waals surface area contributed by atoms with Crippen molar-refractivity contribution in [2.24, 2.45) is 10.9 Å². The van der Waals surface area contributed by atoms with E-state index < -0.39 is 68.7 Å². The number of hydrogen-bond acceptors (Lipinski definition) is 8. The molecule has 0 spiro atoms. The Morgan fingerprint density at radius 2 is 1.76 bits per heavy atom. The van der Waals surface area contributed by atoms with Crippen LogP contribution in [0, 0.1) is 17.6 Å². The van der Waals surface area contributed by atoms with E-state index in [0.717, 1.165) is 29.0 Å². The fourth-order valence-corrected chi connectivity index (χ4v) is 6.95. The van der Waals surface area contributed by atoms with Crippen LogP contribution in [0.15, 0.2) is 88.9 Å². The molecule has 3 aromatic carbocycles. The Labute approximate surface area is 290 Å². The Morgan fingerprint density at radius 3 is 2.39 bits per heavy atom. The van der Waals surface area contributed by atoms with Gasteiger partial charge in [0.2, 0.25) is 0 Å². The number of hydrogen-bond donors (Lipinski definition) is 4. The molecule has 16 heteroatoms. The first-order valence-electron chi connectivity index (χ1n) is 15.7. The molecule has 3 heterocycles. The number of imide groups is 1. The maximum absolute atomic E-state index is 15.1. The number of rotatable bonds is 10. The molecule has 4 amide bonds. The van der Waals surface area contributed by atoms with Crippen LogP contribution in [0.25, 0.3) is 5.57 Å².